The molecule has 0 aliphatic carbocycles. The standard InChI is InChI=1S/C11H22N4O/c1-5-10(13-12-2)11(16-4)15-8-6-14(3)7-9-15/h5,12-13H,1,6-9H2,2-4H3/b11-10+. The van der Waals surface area contributed by atoms with E-state index in [1.165, 1.54) is 0 Å². The highest BCUT2D eigenvalue weighted by atomic mass is 16.5. The Hall–Kier alpha value is -1.20. The topological polar surface area (TPSA) is 39.8 Å². The van der Waals surface area contributed by atoms with Crippen molar-refractivity contribution in [2.75, 3.05) is 47.4 Å². The summed E-state index contributed by atoms with van der Waals surface area (Å²) in [5, 5.41) is 0. The maximum absolute atomic E-state index is 5.44. The summed E-state index contributed by atoms with van der Waals surface area (Å²) in [6, 6.07) is 0. The van der Waals surface area contributed by atoms with Crippen LogP contribution in [0.15, 0.2) is 24.2 Å². The van der Waals surface area contributed by atoms with E-state index in [9.17, 15) is 0 Å². The van der Waals surface area contributed by atoms with Crippen LogP contribution in [0.25, 0.3) is 0 Å². The molecule has 0 radical (unpaired) electrons. The summed E-state index contributed by atoms with van der Waals surface area (Å²) < 4.78 is 5.44. The molecule has 5 nitrogen and oxygen atoms in total. The molecular formula is C11H22N4O. The van der Waals surface area contributed by atoms with Crippen LogP contribution in [-0.4, -0.2) is 57.2 Å². The summed E-state index contributed by atoms with van der Waals surface area (Å²) in [4.78, 5) is 4.53. The van der Waals surface area contributed by atoms with E-state index in [-0.39, 0.29) is 0 Å². The fraction of sp³-hybridized carbons (Fsp3) is 0.636. The van der Waals surface area contributed by atoms with Crippen LogP contribution >= 0.6 is 0 Å². The fourth-order valence-corrected chi connectivity index (χ4v) is 1.75. The molecule has 1 fully saturated rings. The normalized spacial score (nSPS) is 19.1. The Labute approximate surface area is 97.7 Å². The van der Waals surface area contributed by atoms with Gasteiger partial charge >= 0.3 is 0 Å². The fourth-order valence-electron chi connectivity index (χ4n) is 1.75. The molecule has 0 spiro atoms. The van der Waals surface area contributed by atoms with Gasteiger partial charge < -0.3 is 20.0 Å². The predicted molar refractivity (Wildman–Crippen MR) is 65.5 cm³/mol. The molecule has 0 aromatic heterocycles. The van der Waals surface area contributed by atoms with E-state index >= 15 is 0 Å². The summed E-state index contributed by atoms with van der Waals surface area (Å²) in [7, 11) is 5.64. The predicted octanol–water partition coefficient (Wildman–Crippen LogP) is -0.0407. The molecule has 0 saturated carbocycles. The molecule has 5 heteroatoms. The van der Waals surface area contributed by atoms with E-state index in [1.54, 1.807) is 13.2 Å². The number of hydrogen-bond donors (Lipinski definition) is 2. The number of allylic oxidation sites excluding steroid dienone is 1. The summed E-state index contributed by atoms with van der Waals surface area (Å²) in [5.41, 5.74) is 6.78. The van der Waals surface area contributed by atoms with Crippen molar-refractivity contribution in [3.8, 4) is 0 Å². The van der Waals surface area contributed by atoms with Gasteiger partial charge in [-0.25, -0.2) is 5.43 Å². The highest BCUT2D eigenvalue weighted by Gasteiger charge is 2.19. The van der Waals surface area contributed by atoms with Crippen molar-refractivity contribution in [2.45, 2.75) is 0 Å². The van der Waals surface area contributed by atoms with Crippen LogP contribution in [0.1, 0.15) is 0 Å². The molecular weight excluding hydrogens is 204 g/mol. The highest BCUT2D eigenvalue weighted by molar-refractivity contribution is 5.17. The minimum absolute atomic E-state index is 0.845. The van der Waals surface area contributed by atoms with Gasteiger partial charge in [0.05, 0.1) is 7.11 Å². The van der Waals surface area contributed by atoms with Crippen LogP contribution in [0.3, 0.4) is 0 Å². The lowest BCUT2D eigenvalue weighted by atomic mass is 10.3. The van der Waals surface area contributed by atoms with Crippen molar-refractivity contribution >= 4 is 0 Å². The largest absolute Gasteiger partial charge is 0.481 e. The Balaban J connectivity index is 2.75. The Kier molecular flexibility index (Phi) is 5.14. The van der Waals surface area contributed by atoms with E-state index in [1.807, 2.05) is 7.05 Å². The van der Waals surface area contributed by atoms with Crippen molar-refractivity contribution < 1.29 is 4.74 Å². The average Bonchev–Trinajstić information content (AvgIpc) is 2.31. The molecule has 1 heterocycles. The molecule has 0 aromatic rings. The molecule has 0 unspecified atom stereocenters. The van der Waals surface area contributed by atoms with Crippen molar-refractivity contribution in [1.29, 1.82) is 0 Å². The van der Waals surface area contributed by atoms with E-state index < -0.39 is 0 Å². The van der Waals surface area contributed by atoms with Crippen LogP contribution in [0.5, 0.6) is 0 Å². The summed E-state index contributed by atoms with van der Waals surface area (Å²) in [5.74, 6) is 0.845. The maximum atomic E-state index is 5.44. The number of nitrogens with zero attached hydrogens (tertiary/aromatic N) is 2. The van der Waals surface area contributed by atoms with Crippen LogP contribution in [0.2, 0.25) is 0 Å². The van der Waals surface area contributed by atoms with Gasteiger partial charge in [-0.3, -0.25) is 0 Å². The third kappa shape index (κ3) is 3.15. The van der Waals surface area contributed by atoms with Crippen molar-refractivity contribution in [3.05, 3.63) is 24.2 Å². The quantitative estimate of drug-likeness (QED) is 0.391. The van der Waals surface area contributed by atoms with Crippen LogP contribution < -0.4 is 10.9 Å². The van der Waals surface area contributed by atoms with Crippen molar-refractivity contribution in [1.82, 2.24) is 20.7 Å². The van der Waals surface area contributed by atoms with Gasteiger partial charge in [-0.05, 0) is 13.1 Å². The summed E-state index contributed by atoms with van der Waals surface area (Å²) >= 11 is 0. The number of rotatable bonds is 5. The molecule has 0 bridgehead atoms. The monoisotopic (exact) mass is 226 g/mol. The molecule has 2 N–H and O–H groups in total. The first-order valence-corrected chi connectivity index (χ1v) is 5.50. The van der Waals surface area contributed by atoms with Crippen LogP contribution in [0, 0.1) is 0 Å². The minimum Gasteiger partial charge on any atom is -0.481 e. The first kappa shape index (κ1) is 12.9. The summed E-state index contributed by atoms with van der Waals surface area (Å²) in [6.07, 6.45) is 1.76. The second-order valence-electron chi connectivity index (χ2n) is 3.79. The number of methoxy groups -OCH3 is 1. The molecule has 0 atom stereocenters. The van der Waals surface area contributed by atoms with Gasteiger partial charge in [0.2, 0.25) is 5.88 Å². The third-order valence-corrected chi connectivity index (χ3v) is 2.68. The minimum atomic E-state index is 0.845. The van der Waals surface area contributed by atoms with Crippen molar-refractivity contribution in [3.63, 3.8) is 0 Å². The van der Waals surface area contributed by atoms with E-state index in [4.69, 9.17) is 4.74 Å². The Morgan fingerprint density at radius 1 is 1.31 bits per heavy atom. The number of nitrogens with one attached hydrogen (secondary N) is 2. The molecule has 1 rings (SSSR count). The van der Waals surface area contributed by atoms with Gasteiger partial charge in [-0.1, -0.05) is 6.58 Å². The number of hydrogen-bond acceptors (Lipinski definition) is 5. The molecule has 1 aliphatic rings. The Morgan fingerprint density at radius 3 is 2.38 bits per heavy atom. The second kappa shape index (κ2) is 6.40. The van der Waals surface area contributed by atoms with Gasteiger partial charge in [0, 0.05) is 33.2 Å². The van der Waals surface area contributed by atoms with Gasteiger partial charge in [-0.15, -0.1) is 0 Å². The highest BCUT2D eigenvalue weighted by Crippen LogP contribution is 2.12. The molecule has 1 aliphatic heterocycles. The van der Waals surface area contributed by atoms with Gasteiger partial charge in [0.25, 0.3) is 0 Å². The molecule has 1 saturated heterocycles. The molecule has 92 valence electrons. The zero-order valence-corrected chi connectivity index (χ0v) is 10.4. The van der Waals surface area contributed by atoms with Crippen molar-refractivity contribution in [2.24, 2.45) is 0 Å². The van der Waals surface area contributed by atoms with E-state index in [2.05, 4.69) is 34.3 Å². The maximum Gasteiger partial charge on any atom is 0.214 e. The number of ether oxygens (including phenoxy) is 1. The SMILES string of the molecule is C=C/C(NNC)=C(\OC)N1CCN(C)CC1. The number of hydrazine groups is 1. The first-order valence-electron chi connectivity index (χ1n) is 5.50. The lowest BCUT2D eigenvalue weighted by molar-refractivity contribution is 0.0996. The van der Waals surface area contributed by atoms with Crippen LogP contribution in [-0.2, 0) is 4.74 Å². The second-order valence-corrected chi connectivity index (χ2v) is 3.79. The lowest BCUT2D eigenvalue weighted by Crippen LogP contribution is -2.45. The van der Waals surface area contributed by atoms with E-state index in [0.717, 1.165) is 37.8 Å². The van der Waals surface area contributed by atoms with Crippen LogP contribution in [0.4, 0.5) is 0 Å². The van der Waals surface area contributed by atoms with Gasteiger partial charge in [0.15, 0.2) is 0 Å². The smallest absolute Gasteiger partial charge is 0.214 e. The number of likely N-dealkylation sites (N-methyl/N-ethyl adjacent to an activating group) is 1. The Morgan fingerprint density at radius 2 is 1.94 bits per heavy atom. The zero-order valence-electron chi connectivity index (χ0n) is 10.4. The lowest BCUT2D eigenvalue weighted by Gasteiger charge is -2.35. The number of piperazine rings is 1. The van der Waals surface area contributed by atoms with Gasteiger partial charge in [-0.2, -0.15) is 0 Å². The molecule has 16 heavy (non-hydrogen) atoms. The average molecular weight is 226 g/mol. The third-order valence-electron chi connectivity index (χ3n) is 2.68. The van der Waals surface area contributed by atoms with E-state index in [0.29, 0.717) is 0 Å². The molecule has 0 aromatic carbocycles. The summed E-state index contributed by atoms with van der Waals surface area (Å²) in [6.45, 7) is 7.83. The van der Waals surface area contributed by atoms with Gasteiger partial charge in [0.1, 0.15) is 5.70 Å². The first-order chi connectivity index (χ1) is 7.72. The zero-order chi connectivity index (χ0) is 12.0. The Bertz CT molecular complexity index is 257. The molecule has 0 amide bonds.